The molecule has 1 aromatic carbocycles. The molecule has 0 aliphatic carbocycles. The summed E-state index contributed by atoms with van der Waals surface area (Å²) < 4.78 is 42.6. The fourth-order valence-corrected chi connectivity index (χ4v) is 1.96. The van der Waals surface area contributed by atoms with Gasteiger partial charge in [-0.1, -0.05) is 18.2 Å². The summed E-state index contributed by atoms with van der Waals surface area (Å²) in [6.45, 7) is 0.948. The summed E-state index contributed by atoms with van der Waals surface area (Å²) in [5, 5.41) is 7.16. The van der Waals surface area contributed by atoms with Gasteiger partial charge in [-0.05, 0) is 12.1 Å². The Kier molecular flexibility index (Phi) is 4.85. The molecular weight excluding hydrogens is 283 g/mol. The number of nitrogens with one attached hydrogen (secondary N) is 1. The molecule has 4 nitrogen and oxygen atoms in total. The number of nitrogens with zero attached hydrogens (tertiary/aromatic N) is 2. The first-order valence-electron chi connectivity index (χ1n) is 6.47. The number of halogens is 3. The molecule has 114 valence electrons. The van der Waals surface area contributed by atoms with Crippen LogP contribution in [0.4, 0.5) is 13.2 Å². The summed E-state index contributed by atoms with van der Waals surface area (Å²) in [5.41, 5.74) is 1.53. The Morgan fingerprint density at radius 1 is 1.24 bits per heavy atom. The average molecular weight is 299 g/mol. The minimum absolute atomic E-state index is 0.168. The summed E-state index contributed by atoms with van der Waals surface area (Å²) >= 11 is 0. The molecule has 1 aromatic heterocycles. The van der Waals surface area contributed by atoms with Crippen LogP contribution in [-0.2, 0) is 20.0 Å². The molecule has 21 heavy (non-hydrogen) atoms. The first-order valence-corrected chi connectivity index (χ1v) is 6.47. The SMILES string of the molecule is Cn1nccc1CCNCc1ccccc1OC(F)(F)F. The zero-order chi connectivity index (χ0) is 15.3. The van der Waals surface area contributed by atoms with Crippen molar-refractivity contribution in [2.24, 2.45) is 7.05 Å². The highest BCUT2D eigenvalue weighted by atomic mass is 19.4. The molecule has 0 aliphatic heterocycles. The maximum atomic E-state index is 12.3. The first-order chi connectivity index (χ1) is 9.96. The molecule has 0 aliphatic rings. The van der Waals surface area contributed by atoms with Crippen LogP contribution in [0.1, 0.15) is 11.3 Å². The van der Waals surface area contributed by atoms with Crippen molar-refractivity contribution < 1.29 is 17.9 Å². The van der Waals surface area contributed by atoms with Crippen molar-refractivity contribution in [3.63, 3.8) is 0 Å². The van der Waals surface area contributed by atoms with E-state index in [1.807, 2.05) is 13.1 Å². The number of benzene rings is 1. The Balaban J connectivity index is 1.87. The molecule has 1 heterocycles. The third-order valence-electron chi connectivity index (χ3n) is 2.99. The summed E-state index contributed by atoms with van der Waals surface area (Å²) in [7, 11) is 1.85. The van der Waals surface area contributed by atoms with Crippen molar-refractivity contribution in [3.8, 4) is 5.75 Å². The van der Waals surface area contributed by atoms with Crippen molar-refractivity contribution in [1.82, 2.24) is 15.1 Å². The third-order valence-corrected chi connectivity index (χ3v) is 2.99. The average Bonchev–Trinajstić information content (AvgIpc) is 2.80. The largest absolute Gasteiger partial charge is 0.573 e. The molecule has 0 saturated carbocycles. The fourth-order valence-electron chi connectivity index (χ4n) is 1.96. The van der Waals surface area contributed by atoms with Crippen molar-refractivity contribution in [1.29, 1.82) is 0 Å². The Hall–Kier alpha value is -2.02. The van der Waals surface area contributed by atoms with Gasteiger partial charge < -0.3 is 10.1 Å². The zero-order valence-electron chi connectivity index (χ0n) is 11.5. The second-order valence-electron chi connectivity index (χ2n) is 4.53. The standard InChI is InChI=1S/C14H16F3N3O/c1-20-12(7-9-19-20)6-8-18-10-11-4-2-3-5-13(11)21-14(15,16)17/h2-5,7,9,18H,6,8,10H2,1H3. The molecule has 0 fully saturated rings. The quantitative estimate of drug-likeness (QED) is 0.834. The topological polar surface area (TPSA) is 39.1 Å². The predicted octanol–water partition coefficient (Wildman–Crippen LogP) is 2.65. The predicted molar refractivity (Wildman–Crippen MR) is 71.7 cm³/mol. The Bertz CT molecular complexity index is 581. The lowest BCUT2D eigenvalue weighted by Gasteiger charge is -2.13. The van der Waals surface area contributed by atoms with Gasteiger partial charge in [0.1, 0.15) is 5.75 Å². The molecule has 0 spiro atoms. The minimum Gasteiger partial charge on any atom is -0.405 e. The maximum absolute atomic E-state index is 12.3. The summed E-state index contributed by atoms with van der Waals surface area (Å²) in [6.07, 6.45) is -2.22. The lowest BCUT2D eigenvalue weighted by Crippen LogP contribution is -2.21. The molecule has 7 heteroatoms. The van der Waals surface area contributed by atoms with Crippen LogP contribution in [0.2, 0.25) is 0 Å². The van der Waals surface area contributed by atoms with Crippen LogP contribution in [-0.4, -0.2) is 22.7 Å². The van der Waals surface area contributed by atoms with E-state index in [1.165, 1.54) is 12.1 Å². The van der Waals surface area contributed by atoms with Gasteiger partial charge >= 0.3 is 6.36 Å². The maximum Gasteiger partial charge on any atom is 0.573 e. The number of alkyl halides is 3. The third kappa shape index (κ3) is 4.78. The number of hydrogen-bond acceptors (Lipinski definition) is 3. The second kappa shape index (κ2) is 6.62. The highest BCUT2D eigenvalue weighted by Crippen LogP contribution is 2.25. The minimum atomic E-state index is -4.68. The van der Waals surface area contributed by atoms with Crippen molar-refractivity contribution in [2.45, 2.75) is 19.3 Å². The number of hydrogen-bond donors (Lipinski definition) is 1. The van der Waals surface area contributed by atoms with E-state index in [0.29, 0.717) is 18.7 Å². The molecule has 0 saturated heterocycles. The number of aryl methyl sites for hydroxylation is 1. The van der Waals surface area contributed by atoms with E-state index < -0.39 is 6.36 Å². The van der Waals surface area contributed by atoms with E-state index in [9.17, 15) is 13.2 Å². The van der Waals surface area contributed by atoms with Gasteiger partial charge in [-0.15, -0.1) is 13.2 Å². The smallest absolute Gasteiger partial charge is 0.405 e. The van der Waals surface area contributed by atoms with Crippen LogP contribution in [0.15, 0.2) is 36.5 Å². The molecular formula is C14H16F3N3O. The number of para-hydroxylation sites is 1. The van der Waals surface area contributed by atoms with Crippen molar-refractivity contribution in [3.05, 3.63) is 47.8 Å². The number of rotatable bonds is 6. The second-order valence-corrected chi connectivity index (χ2v) is 4.53. The van der Waals surface area contributed by atoms with Crippen LogP contribution in [0, 0.1) is 0 Å². The highest BCUT2D eigenvalue weighted by molar-refractivity contribution is 5.33. The van der Waals surface area contributed by atoms with Gasteiger partial charge in [0.2, 0.25) is 0 Å². The Morgan fingerprint density at radius 2 is 2.00 bits per heavy atom. The molecule has 0 radical (unpaired) electrons. The highest BCUT2D eigenvalue weighted by Gasteiger charge is 2.31. The van der Waals surface area contributed by atoms with Crippen molar-refractivity contribution >= 4 is 0 Å². The van der Waals surface area contributed by atoms with Crippen LogP contribution < -0.4 is 10.1 Å². The summed E-state index contributed by atoms with van der Waals surface area (Å²) in [6, 6.07) is 8.02. The Morgan fingerprint density at radius 3 is 2.67 bits per heavy atom. The van der Waals surface area contributed by atoms with Crippen LogP contribution in [0.5, 0.6) is 5.75 Å². The van der Waals surface area contributed by atoms with E-state index >= 15 is 0 Å². The molecule has 0 atom stereocenters. The van der Waals surface area contributed by atoms with E-state index in [0.717, 1.165) is 12.1 Å². The van der Waals surface area contributed by atoms with Gasteiger partial charge in [-0.3, -0.25) is 4.68 Å². The number of ether oxygens (including phenoxy) is 1. The van der Waals surface area contributed by atoms with Crippen LogP contribution in [0.3, 0.4) is 0 Å². The van der Waals surface area contributed by atoms with Gasteiger partial charge in [0.25, 0.3) is 0 Å². The lowest BCUT2D eigenvalue weighted by molar-refractivity contribution is -0.274. The van der Waals surface area contributed by atoms with E-state index in [-0.39, 0.29) is 5.75 Å². The zero-order valence-corrected chi connectivity index (χ0v) is 11.5. The van der Waals surface area contributed by atoms with E-state index in [4.69, 9.17) is 0 Å². The Labute approximate surface area is 120 Å². The molecule has 0 unspecified atom stereocenters. The van der Waals surface area contributed by atoms with Gasteiger partial charge in [0.15, 0.2) is 0 Å². The molecule has 2 aromatic rings. The molecule has 1 N–H and O–H groups in total. The monoisotopic (exact) mass is 299 g/mol. The normalized spacial score (nSPS) is 11.6. The van der Waals surface area contributed by atoms with Gasteiger partial charge in [-0.2, -0.15) is 5.10 Å². The van der Waals surface area contributed by atoms with Gasteiger partial charge in [0, 0.05) is 44.0 Å². The van der Waals surface area contributed by atoms with Gasteiger partial charge in [-0.25, -0.2) is 0 Å². The summed E-state index contributed by atoms with van der Waals surface area (Å²) in [4.78, 5) is 0. The molecule has 2 rings (SSSR count). The molecule has 0 bridgehead atoms. The van der Waals surface area contributed by atoms with E-state index in [2.05, 4.69) is 15.2 Å². The number of aromatic nitrogens is 2. The first kappa shape index (κ1) is 15.4. The van der Waals surface area contributed by atoms with Gasteiger partial charge in [0.05, 0.1) is 0 Å². The van der Waals surface area contributed by atoms with Crippen molar-refractivity contribution in [2.75, 3.05) is 6.54 Å². The summed E-state index contributed by atoms with van der Waals surface area (Å²) in [5.74, 6) is -0.168. The molecule has 0 amide bonds. The van der Waals surface area contributed by atoms with Crippen LogP contribution >= 0.6 is 0 Å². The van der Waals surface area contributed by atoms with Crippen LogP contribution in [0.25, 0.3) is 0 Å². The lowest BCUT2D eigenvalue weighted by atomic mass is 10.2. The van der Waals surface area contributed by atoms with E-state index in [1.54, 1.807) is 23.0 Å². The fraction of sp³-hybridized carbons (Fsp3) is 0.357.